The maximum Gasteiger partial charge on any atom is 0.333 e. The molecule has 0 radical (unpaired) electrons. The number of carbonyl (C=O) groups is 1. The minimum atomic E-state index is -1.77. The summed E-state index contributed by atoms with van der Waals surface area (Å²) in [6, 6.07) is 6.77. The summed E-state index contributed by atoms with van der Waals surface area (Å²) in [5.74, 6) is -0.894. The third-order valence-corrected chi connectivity index (χ3v) is 6.82. The number of hydrogen-bond acceptors (Lipinski definition) is 7. The first-order valence-corrected chi connectivity index (χ1v) is 10.7. The number of aliphatic carboxylic acids is 1. The lowest BCUT2D eigenvalue weighted by Gasteiger charge is -2.23. The number of aromatic nitrogens is 3. The number of rotatable bonds is 6. The zero-order valence-electron chi connectivity index (χ0n) is 17.7. The van der Waals surface area contributed by atoms with Crippen LogP contribution in [0.3, 0.4) is 0 Å². The van der Waals surface area contributed by atoms with Gasteiger partial charge in [0.1, 0.15) is 22.4 Å². The van der Waals surface area contributed by atoms with Gasteiger partial charge in [-0.25, -0.2) is 19.1 Å². The standard InChI is InChI=1S/C22H21N3O6S/c1-12-15-18(27)25(22(2,3)20(28)29)21(30)24(10-8-13-6-4-5-7-14(13)26)19(15)32-16(12)17-23-9-11-31-17/h4-7,9,11,26H,8,10H2,1-3H3,(H,28,29). The van der Waals surface area contributed by atoms with Crippen LogP contribution in [0.25, 0.3) is 21.0 Å². The fraction of sp³-hybridized carbons (Fsp3) is 0.273. The second-order valence-electron chi connectivity index (χ2n) is 7.89. The van der Waals surface area contributed by atoms with E-state index in [1.165, 1.54) is 42.2 Å². The Kier molecular flexibility index (Phi) is 5.25. The SMILES string of the molecule is Cc1c(-c2ncco2)sc2c1c(=O)n(C(C)(C)C(=O)O)c(=O)n2CCc1ccccc1O. The number of aryl methyl sites for hydroxylation is 3. The molecule has 1 aromatic carbocycles. The first kappa shape index (κ1) is 21.6. The van der Waals surface area contributed by atoms with Crippen molar-refractivity contribution >= 4 is 27.5 Å². The predicted octanol–water partition coefficient (Wildman–Crippen LogP) is 2.96. The van der Waals surface area contributed by atoms with E-state index in [0.29, 0.717) is 33.1 Å². The molecule has 4 aromatic rings. The molecule has 0 aliphatic carbocycles. The summed E-state index contributed by atoms with van der Waals surface area (Å²) in [7, 11) is 0. The molecule has 0 bridgehead atoms. The van der Waals surface area contributed by atoms with Gasteiger partial charge < -0.3 is 14.6 Å². The van der Waals surface area contributed by atoms with Gasteiger partial charge in [0.2, 0.25) is 5.89 Å². The Hall–Kier alpha value is -3.66. The van der Waals surface area contributed by atoms with Gasteiger partial charge in [0.15, 0.2) is 0 Å². The molecule has 0 aliphatic rings. The largest absolute Gasteiger partial charge is 0.508 e. The summed E-state index contributed by atoms with van der Waals surface area (Å²) >= 11 is 1.19. The summed E-state index contributed by atoms with van der Waals surface area (Å²) < 4.78 is 7.56. The van der Waals surface area contributed by atoms with Gasteiger partial charge >= 0.3 is 11.7 Å². The van der Waals surface area contributed by atoms with Gasteiger partial charge in [-0.05, 0) is 44.4 Å². The Morgan fingerprint density at radius 3 is 2.59 bits per heavy atom. The molecule has 0 aliphatic heterocycles. The van der Waals surface area contributed by atoms with Gasteiger partial charge in [0.25, 0.3) is 5.56 Å². The van der Waals surface area contributed by atoms with Crippen molar-refractivity contribution in [3.05, 3.63) is 68.7 Å². The third kappa shape index (κ3) is 3.32. The highest BCUT2D eigenvalue weighted by atomic mass is 32.1. The van der Waals surface area contributed by atoms with E-state index >= 15 is 0 Å². The molecule has 0 fully saturated rings. The summed E-state index contributed by atoms with van der Waals surface area (Å²) in [5.41, 5.74) is -1.99. The fourth-order valence-corrected chi connectivity index (χ4v) is 4.88. The molecule has 0 spiro atoms. The molecule has 32 heavy (non-hydrogen) atoms. The lowest BCUT2D eigenvalue weighted by molar-refractivity contribution is -0.146. The number of nitrogens with zero attached hydrogens (tertiary/aromatic N) is 3. The van der Waals surface area contributed by atoms with Crippen LogP contribution in [0.5, 0.6) is 5.75 Å². The van der Waals surface area contributed by atoms with E-state index in [9.17, 15) is 24.6 Å². The Morgan fingerprint density at radius 2 is 1.97 bits per heavy atom. The second kappa shape index (κ2) is 7.79. The highest BCUT2D eigenvalue weighted by Gasteiger charge is 2.35. The zero-order valence-corrected chi connectivity index (χ0v) is 18.5. The number of fused-ring (bicyclic) bond motifs is 1. The average molecular weight is 455 g/mol. The minimum Gasteiger partial charge on any atom is -0.508 e. The fourth-order valence-electron chi connectivity index (χ4n) is 3.63. The number of phenols is 1. The van der Waals surface area contributed by atoms with Crippen LogP contribution in [0.1, 0.15) is 25.0 Å². The Balaban J connectivity index is 2.01. The van der Waals surface area contributed by atoms with E-state index in [0.717, 1.165) is 4.57 Å². The van der Waals surface area contributed by atoms with Crippen molar-refractivity contribution in [1.29, 1.82) is 0 Å². The van der Waals surface area contributed by atoms with Crippen LogP contribution in [0.15, 0.2) is 50.7 Å². The van der Waals surface area contributed by atoms with E-state index in [4.69, 9.17) is 4.42 Å². The van der Waals surface area contributed by atoms with Crippen LogP contribution < -0.4 is 11.2 Å². The molecule has 9 nitrogen and oxygen atoms in total. The number of phenolic OH excluding ortho intramolecular Hbond substituents is 1. The Labute approximate surface area is 185 Å². The van der Waals surface area contributed by atoms with Crippen LogP contribution in [-0.4, -0.2) is 30.3 Å². The molecule has 166 valence electrons. The lowest BCUT2D eigenvalue weighted by atomic mass is 10.1. The molecule has 0 unspecified atom stereocenters. The van der Waals surface area contributed by atoms with Crippen LogP contribution in [-0.2, 0) is 23.3 Å². The average Bonchev–Trinajstić information content (AvgIpc) is 3.37. The molecule has 3 aromatic heterocycles. The summed E-state index contributed by atoms with van der Waals surface area (Å²) in [6.07, 6.45) is 3.20. The molecular formula is C22H21N3O6S. The topological polar surface area (TPSA) is 128 Å². The quantitative estimate of drug-likeness (QED) is 0.457. The van der Waals surface area contributed by atoms with Gasteiger partial charge in [-0.15, -0.1) is 11.3 Å². The Bertz CT molecular complexity index is 1440. The van der Waals surface area contributed by atoms with Crippen LogP contribution >= 0.6 is 11.3 Å². The van der Waals surface area contributed by atoms with Gasteiger partial charge in [-0.2, -0.15) is 0 Å². The summed E-state index contributed by atoms with van der Waals surface area (Å²) in [4.78, 5) is 43.9. The molecular weight excluding hydrogens is 434 g/mol. The number of carboxylic acid groups (broad SMARTS) is 1. The first-order valence-electron chi connectivity index (χ1n) is 9.84. The van der Waals surface area contributed by atoms with Gasteiger partial charge in [-0.1, -0.05) is 18.2 Å². The number of benzene rings is 1. The molecule has 2 N–H and O–H groups in total. The summed E-state index contributed by atoms with van der Waals surface area (Å²) in [5, 5.41) is 20.1. The number of para-hydroxylation sites is 1. The molecule has 10 heteroatoms. The normalized spacial score (nSPS) is 11.8. The predicted molar refractivity (Wildman–Crippen MR) is 119 cm³/mol. The number of oxazole rings is 1. The smallest absolute Gasteiger partial charge is 0.333 e. The van der Waals surface area contributed by atoms with Crippen LogP contribution in [0, 0.1) is 6.92 Å². The molecule has 0 saturated carbocycles. The van der Waals surface area contributed by atoms with Crippen LogP contribution in [0.4, 0.5) is 0 Å². The minimum absolute atomic E-state index is 0.0961. The molecule has 4 rings (SSSR count). The number of thiophene rings is 1. The van der Waals surface area contributed by atoms with Crippen molar-refractivity contribution in [3.8, 4) is 16.5 Å². The van der Waals surface area contributed by atoms with E-state index < -0.39 is 22.8 Å². The maximum absolute atomic E-state index is 13.4. The van der Waals surface area contributed by atoms with E-state index in [-0.39, 0.29) is 17.7 Å². The molecule has 0 atom stereocenters. The van der Waals surface area contributed by atoms with Crippen molar-refractivity contribution in [2.45, 2.75) is 39.3 Å². The first-order chi connectivity index (χ1) is 15.1. The van der Waals surface area contributed by atoms with Gasteiger partial charge in [-0.3, -0.25) is 9.36 Å². The van der Waals surface area contributed by atoms with Crippen molar-refractivity contribution in [1.82, 2.24) is 14.1 Å². The second-order valence-corrected chi connectivity index (χ2v) is 8.89. The molecule has 0 saturated heterocycles. The van der Waals surface area contributed by atoms with Crippen molar-refractivity contribution in [3.63, 3.8) is 0 Å². The van der Waals surface area contributed by atoms with Crippen molar-refractivity contribution in [2.24, 2.45) is 0 Å². The van der Waals surface area contributed by atoms with Crippen molar-refractivity contribution < 1.29 is 19.4 Å². The Morgan fingerprint density at radius 1 is 1.25 bits per heavy atom. The number of hydrogen-bond donors (Lipinski definition) is 2. The summed E-state index contributed by atoms with van der Waals surface area (Å²) in [6.45, 7) is 4.48. The monoisotopic (exact) mass is 455 g/mol. The molecule has 0 amide bonds. The highest BCUT2D eigenvalue weighted by Crippen LogP contribution is 2.35. The third-order valence-electron chi connectivity index (χ3n) is 5.52. The highest BCUT2D eigenvalue weighted by molar-refractivity contribution is 7.22. The van der Waals surface area contributed by atoms with E-state index in [2.05, 4.69) is 4.98 Å². The van der Waals surface area contributed by atoms with E-state index in [1.807, 2.05) is 0 Å². The van der Waals surface area contributed by atoms with E-state index in [1.54, 1.807) is 31.2 Å². The van der Waals surface area contributed by atoms with Gasteiger partial charge in [0.05, 0.1) is 16.5 Å². The van der Waals surface area contributed by atoms with Crippen molar-refractivity contribution in [2.75, 3.05) is 0 Å². The number of carboxylic acids is 1. The lowest BCUT2D eigenvalue weighted by Crippen LogP contribution is -2.52. The van der Waals surface area contributed by atoms with Crippen LogP contribution in [0.2, 0.25) is 0 Å². The van der Waals surface area contributed by atoms with Gasteiger partial charge in [0, 0.05) is 6.54 Å². The molecule has 3 heterocycles. The maximum atomic E-state index is 13.4. The number of aromatic hydroxyl groups is 1. The zero-order chi connectivity index (χ0) is 23.2.